The fraction of sp³-hybridized carbons (Fsp3) is 1.00. The van der Waals surface area contributed by atoms with E-state index in [0.29, 0.717) is 12.5 Å². The van der Waals surface area contributed by atoms with Gasteiger partial charge in [-0.05, 0) is 31.2 Å². The van der Waals surface area contributed by atoms with Crippen molar-refractivity contribution in [3.05, 3.63) is 0 Å². The first-order valence-electron chi connectivity index (χ1n) is 5.55. The van der Waals surface area contributed by atoms with Gasteiger partial charge in [0.25, 0.3) is 0 Å². The van der Waals surface area contributed by atoms with Crippen LogP contribution in [0.25, 0.3) is 0 Å². The fourth-order valence-corrected chi connectivity index (χ4v) is 1.83. The predicted molar refractivity (Wildman–Crippen MR) is 57.5 cm³/mol. The Labute approximate surface area is 82.5 Å². The van der Waals surface area contributed by atoms with Gasteiger partial charge in [-0.3, -0.25) is 0 Å². The van der Waals surface area contributed by atoms with E-state index in [1.807, 2.05) is 6.92 Å². The minimum Gasteiger partial charge on any atom is -0.393 e. The average molecular weight is 187 g/mol. The SMILES string of the molecule is CCCC(CCC)C(O)C(C)CN. The van der Waals surface area contributed by atoms with Crippen LogP contribution in [0.15, 0.2) is 0 Å². The zero-order valence-corrected chi connectivity index (χ0v) is 9.29. The molecule has 2 atom stereocenters. The number of hydrogen-bond donors (Lipinski definition) is 2. The van der Waals surface area contributed by atoms with Crippen LogP contribution in [0.1, 0.15) is 46.5 Å². The minimum absolute atomic E-state index is 0.204. The van der Waals surface area contributed by atoms with Crippen molar-refractivity contribution in [1.29, 1.82) is 0 Å². The van der Waals surface area contributed by atoms with Crippen LogP contribution in [-0.4, -0.2) is 17.8 Å². The molecule has 0 amide bonds. The largest absolute Gasteiger partial charge is 0.393 e. The second kappa shape index (κ2) is 7.34. The van der Waals surface area contributed by atoms with Gasteiger partial charge in [0.1, 0.15) is 0 Å². The Morgan fingerprint density at radius 2 is 1.62 bits per heavy atom. The molecule has 0 spiro atoms. The Balaban J connectivity index is 4.00. The molecule has 3 N–H and O–H groups in total. The molecular formula is C11H25NO. The monoisotopic (exact) mass is 187 g/mol. The Bertz CT molecular complexity index is 111. The molecule has 0 heterocycles. The van der Waals surface area contributed by atoms with Crippen molar-refractivity contribution < 1.29 is 5.11 Å². The minimum atomic E-state index is -0.204. The van der Waals surface area contributed by atoms with E-state index in [1.165, 1.54) is 0 Å². The van der Waals surface area contributed by atoms with Gasteiger partial charge >= 0.3 is 0 Å². The van der Waals surface area contributed by atoms with Crippen molar-refractivity contribution in [2.75, 3.05) is 6.54 Å². The first-order chi connectivity index (χ1) is 6.17. The van der Waals surface area contributed by atoms with Crippen molar-refractivity contribution in [3.63, 3.8) is 0 Å². The summed E-state index contributed by atoms with van der Waals surface area (Å²) in [6, 6.07) is 0. The normalized spacial score (nSPS) is 16.2. The molecule has 2 nitrogen and oxygen atoms in total. The highest BCUT2D eigenvalue weighted by Gasteiger charge is 2.22. The van der Waals surface area contributed by atoms with Crippen LogP contribution in [-0.2, 0) is 0 Å². The standard InChI is InChI=1S/C11H25NO/c1-4-6-10(7-5-2)11(13)9(3)8-12/h9-11,13H,4-8,12H2,1-3H3. The average Bonchev–Trinajstić information content (AvgIpc) is 2.15. The summed E-state index contributed by atoms with van der Waals surface area (Å²) in [6.45, 7) is 6.96. The van der Waals surface area contributed by atoms with Crippen molar-refractivity contribution >= 4 is 0 Å². The van der Waals surface area contributed by atoms with Gasteiger partial charge in [0.15, 0.2) is 0 Å². The molecular weight excluding hydrogens is 162 g/mol. The molecule has 0 bridgehead atoms. The van der Waals surface area contributed by atoms with Gasteiger partial charge in [0.2, 0.25) is 0 Å². The molecule has 2 unspecified atom stereocenters. The smallest absolute Gasteiger partial charge is 0.0605 e. The van der Waals surface area contributed by atoms with Gasteiger partial charge in [-0.25, -0.2) is 0 Å². The molecule has 0 fully saturated rings. The molecule has 0 aromatic carbocycles. The molecule has 0 saturated carbocycles. The zero-order valence-electron chi connectivity index (χ0n) is 9.29. The first kappa shape index (κ1) is 12.9. The summed E-state index contributed by atoms with van der Waals surface area (Å²) in [7, 11) is 0. The number of hydrogen-bond acceptors (Lipinski definition) is 2. The van der Waals surface area contributed by atoms with E-state index < -0.39 is 0 Å². The van der Waals surface area contributed by atoms with E-state index in [1.54, 1.807) is 0 Å². The second-order valence-corrected chi connectivity index (χ2v) is 4.04. The summed E-state index contributed by atoms with van der Waals surface area (Å²) in [5, 5.41) is 9.96. The maximum atomic E-state index is 9.96. The number of aliphatic hydroxyl groups is 1. The highest BCUT2D eigenvalue weighted by atomic mass is 16.3. The lowest BCUT2D eigenvalue weighted by atomic mass is 9.86. The van der Waals surface area contributed by atoms with Crippen LogP contribution in [0.4, 0.5) is 0 Å². The first-order valence-corrected chi connectivity index (χ1v) is 5.55. The summed E-state index contributed by atoms with van der Waals surface area (Å²) >= 11 is 0. The summed E-state index contributed by atoms with van der Waals surface area (Å²) in [5.41, 5.74) is 5.54. The fourth-order valence-electron chi connectivity index (χ4n) is 1.83. The molecule has 2 heteroatoms. The summed E-state index contributed by atoms with van der Waals surface area (Å²) < 4.78 is 0. The Hall–Kier alpha value is -0.0800. The maximum Gasteiger partial charge on any atom is 0.0605 e. The van der Waals surface area contributed by atoms with Crippen LogP contribution in [0.3, 0.4) is 0 Å². The zero-order chi connectivity index (χ0) is 10.3. The predicted octanol–water partition coefficient (Wildman–Crippen LogP) is 2.16. The summed E-state index contributed by atoms with van der Waals surface area (Å²) in [6.07, 6.45) is 4.35. The second-order valence-electron chi connectivity index (χ2n) is 4.04. The summed E-state index contributed by atoms with van der Waals surface area (Å²) in [4.78, 5) is 0. The van der Waals surface area contributed by atoms with E-state index in [-0.39, 0.29) is 12.0 Å². The van der Waals surface area contributed by atoms with E-state index in [0.717, 1.165) is 25.7 Å². The van der Waals surface area contributed by atoms with Crippen LogP contribution in [0.5, 0.6) is 0 Å². The lowest BCUT2D eigenvalue weighted by Crippen LogP contribution is -2.32. The molecule has 0 aliphatic heterocycles. The van der Waals surface area contributed by atoms with Crippen LogP contribution in [0.2, 0.25) is 0 Å². The van der Waals surface area contributed by atoms with Gasteiger partial charge in [-0.1, -0.05) is 33.6 Å². The molecule has 0 aromatic rings. The maximum absolute atomic E-state index is 9.96. The third-order valence-electron chi connectivity index (χ3n) is 2.76. The van der Waals surface area contributed by atoms with Crippen LogP contribution < -0.4 is 5.73 Å². The quantitative estimate of drug-likeness (QED) is 0.641. The van der Waals surface area contributed by atoms with E-state index >= 15 is 0 Å². The van der Waals surface area contributed by atoms with Crippen molar-refractivity contribution in [2.45, 2.75) is 52.6 Å². The molecule has 0 aromatic heterocycles. The van der Waals surface area contributed by atoms with E-state index in [9.17, 15) is 5.11 Å². The molecule has 0 aliphatic rings. The lowest BCUT2D eigenvalue weighted by Gasteiger charge is -2.26. The number of nitrogens with two attached hydrogens (primary N) is 1. The molecule has 0 saturated heterocycles. The van der Waals surface area contributed by atoms with Gasteiger partial charge in [-0.15, -0.1) is 0 Å². The lowest BCUT2D eigenvalue weighted by molar-refractivity contribution is 0.0516. The Morgan fingerprint density at radius 3 is 1.92 bits per heavy atom. The Kier molecular flexibility index (Phi) is 7.29. The van der Waals surface area contributed by atoms with Crippen LogP contribution >= 0.6 is 0 Å². The van der Waals surface area contributed by atoms with Crippen molar-refractivity contribution in [2.24, 2.45) is 17.6 Å². The molecule has 0 rings (SSSR count). The highest BCUT2D eigenvalue weighted by Crippen LogP contribution is 2.22. The van der Waals surface area contributed by atoms with Gasteiger partial charge in [0.05, 0.1) is 6.10 Å². The van der Waals surface area contributed by atoms with Crippen LogP contribution in [0, 0.1) is 11.8 Å². The van der Waals surface area contributed by atoms with Gasteiger partial charge in [-0.2, -0.15) is 0 Å². The van der Waals surface area contributed by atoms with Gasteiger partial charge < -0.3 is 10.8 Å². The molecule has 13 heavy (non-hydrogen) atoms. The number of rotatable bonds is 7. The Morgan fingerprint density at radius 1 is 1.15 bits per heavy atom. The molecule has 80 valence electrons. The topological polar surface area (TPSA) is 46.2 Å². The third-order valence-corrected chi connectivity index (χ3v) is 2.76. The van der Waals surface area contributed by atoms with Crippen molar-refractivity contribution in [3.8, 4) is 0 Å². The van der Waals surface area contributed by atoms with Gasteiger partial charge in [0, 0.05) is 0 Å². The molecule has 0 radical (unpaired) electrons. The van der Waals surface area contributed by atoms with E-state index in [2.05, 4.69) is 13.8 Å². The van der Waals surface area contributed by atoms with Crippen molar-refractivity contribution in [1.82, 2.24) is 0 Å². The highest BCUT2D eigenvalue weighted by molar-refractivity contribution is 4.74. The third kappa shape index (κ3) is 4.63. The van der Waals surface area contributed by atoms with E-state index in [4.69, 9.17) is 5.73 Å². The summed E-state index contributed by atoms with van der Waals surface area (Å²) in [5.74, 6) is 0.691. The number of aliphatic hydroxyl groups excluding tert-OH is 1. The molecule has 0 aliphatic carbocycles.